The third-order valence-corrected chi connectivity index (χ3v) is 18.0. The predicted octanol–water partition coefficient (Wildman–Crippen LogP) is 3.80. The van der Waals surface area contributed by atoms with E-state index in [2.05, 4.69) is 21.3 Å². The molecule has 2 heterocycles. The van der Waals surface area contributed by atoms with Crippen molar-refractivity contribution in [2.75, 3.05) is 61.9 Å². The summed E-state index contributed by atoms with van der Waals surface area (Å²) in [7, 11) is 8.29. The van der Waals surface area contributed by atoms with Crippen molar-refractivity contribution in [2.45, 2.75) is 179 Å². The number of hydrogen-bond donors (Lipinski definition) is 4. The summed E-state index contributed by atoms with van der Waals surface area (Å²) in [5.74, 6) is -8.20. The SMILES string of the molecule is CC[C@H](C)[C@@H]1NC(=O)[C@H](C)N(C)C(=O)C[C@@H](C)NC(=O)[C@H](C(C)C)N(C)C(=O)C2(CCCC2)NC(=O)[C@@H]2CCCN2C(=O)[C@H](CCc2ccc(C(F)(F)F)c(Cl)c2)NC(=O)[C@@H](C)N(C)C(=O)[C@H](Cc2ccccc2)N(C)C(=O)CN(C)C(=O)CN(C)C1=O. The number of nitrogens with one attached hydrogen (secondary N) is 4. The summed E-state index contributed by atoms with van der Waals surface area (Å²) < 4.78 is 41.3. The second-order valence-electron chi connectivity index (χ2n) is 24.4. The fourth-order valence-electron chi connectivity index (χ4n) is 11.6. The Morgan fingerprint density at radius 1 is 0.648 bits per heavy atom. The number of hydrogen-bond acceptors (Lipinski definition) is 11. The van der Waals surface area contributed by atoms with Gasteiger partial charge in [0.1, 0.15) is 47.8 Å². The summed E-state index contributed by atoms with van der Waals surface area (Å²) in [6.45, 7) is 10.5. The molecule has 3 aliphatic rings. The molecular formula is C62H89ClF3N11O11. The molecule has 0 aromatic heterocycles. The quantitative estimate of drug-likeness (QED) is 0.296. The van der Waals surface area contributed by atoms with Gasteiger partial charge in [-0.3, -0.25) is 52.7 Å². The number of amides is 11. The third kappa shape index (κ3) is 17.5. The summed E-state index contributed by atoms with van der Waals surface area (Å²) >= 11 is 6.11. The van der Waals surface area contributed by atoms with Crippen LogP contribution in [0.1, 0.15) is 123 Å². The van der Waals surface area contributed by atoms with Crippen LogP contribution in [0.2, 0.25) is 5.02 Å². The van der Waals surface area contributed by atoms with Crippen LogP contribution in [0.15, 0.2) is 48.5 Å². The van der Waals surface area contributed by atoms with Crippen molar-refractivity contribution in [3.8, 4) is 0 Å². The van der Waals surface area contributed by atoms with Gasteiger partial charge in [0.2, 0.25) is 65.0 Å². The van der Waals surface area contributed by atoms with Gasteiger partial charge in [-0.2, -0.15) is 13.2 Å². The Hall–Kier alpha value is -7.31. The number of carbonyl (C=O) groups excluding carboxylic acids is 11. The van der Waals surface area contributed by atoms with Crippen LogP contribution in [-0.4, -0.2) is 215 Å². The minimum absolute atomic E-state index is 0.0399. The molecule has 0 bridgehead atoms. The third-order valence-electron chi connectivity index (χ3n) is 17.7. The number of alkyl halides is 3. The summed E-state index contributed by atoms with van der Waals surface area (Å²) in [6.07, 6.45) is -2.98. The second kappa shape index (κ2) is 30.7. The fourth-order valence-corrected chi connectivity index (χ4v) is 11.9. The van der Waals surface area contributed by atoms with Gasteiger partial charge in [-0.15, -0.1) is 0 Å². The molecule has 22 nitrogen and oxygen atoms in total. The molecule has 2 aromatic rings. The standard InChI is InChI=1S/C62H89ClF3N11O11/c1-14-37(4)51-59(87)72(9)34-49(79)71(8)35-50(80)75(12)47(33-41-21-16-15-17-22-41)58(86)74(11)40(7)53(81)68-45(27-25-42-24-26-43(44(63)32-42)62(64,65)66)57(85)77-30-20-23-46(77)55(83)70-61(28-18-19-29-61)60(88)76(13)52(36(2)3)56(84)67-38(5)31-48(78)73(10)39(6)54(82)69-51/h15-17,21-22,24,26,32,36-40,45-47,51-52H,14,18-20,23,25,27-31,33-35H2,1-13H3,(H,67,84)(H,68,81)(H,69,82)(H,70,83)/t37-,38+,39-,40+,45-,46-,47-,51-,52-/m0/s1. The molecule has 1 saturated carbocycles. The zero-order chi connectivity index (χ0) is 65.9. The van der Waals surface area contributed by atoms with Crippen LogP contribution in [0.5, 0.6) is 0 Å². The van der Waals surface area contributed by atoms with Gasteiger partial charge in [0.15, 0.2) is 0 Å². The van der Waals surface area contributed by atoms with Gasteiger partial charge in [-0.05, 0) is 94.4 Å². The fraction of sp³-hybridized carbons (Fsp3) is 0.629. The number of fused-ring (bicyclic) bond motifs is 1. The van der Waals surface area contributed by atoms with Crippen LogP contribution in [-0.2, 0) is 71.8 Å². The summed E-state index contributed by atoms with van der Waals surface area (Å²) in [4.78, 5) is 166. The highest BCUT2D eigenvalue weighted by Crippen LogP contribution is 2.36. The molecule has 2 aliphatic heterocycles. The van der Waals surface area contributed by atoms with E-state index in [4.69, 9.17) is 11.6 Å². The maximum Gasteiger partial charge on any atom is 0.417 e. The minimum Gasteiger partial charge on any atom is -0.351 e. The molecule has 2 saturated heterocycles. The van der Waals surface area contributed by atoms with Crippen molar-refractivity contribution >= 4 is 76.6 Å². The van der Waals surface area contributed by atoms with Crippen LogP contribution in [0, 0.1) is 11.8 Å². The Bertz CT molecular complexity index is 2890. The maximum absolute atomic E-state index is 15.0. The molecule has 5 rings (SSSR count). The molecule has 0 unspecified atom stereocenters. The second-order valence-corrected chi connectivity index (χ2v) is 24.8. The molecule has 3 fully saturated rings. The molecule has 1 aliphatic carbocycles. The lowest BCUT2D eigenvalue weighted by Crippen LogP contribution is -2.64. The first-order chi connectivity index (χ1) is 41.1. The van der Waals surface area contributed by atoms with Gasteiger partial charge < -0.3 is 55.6 Å². The average molecular weight is 1260 g/mol. The van der Waals surface area contributed by atoms with Gasteiger partial charge in [0, 0.05) is 67.7 Å². The van der Waals surface area contributed by atoms with Gasteiger partial charge in [0.25, 0.3) is 0 Å². The van der Waals surface area contributed by atoms with Crippen molar-refractivity contribution in [3.05, 3.63) is 70.2 Å². The average Bonchev–Trinajstić information content (AvgIpc) is 3.81. The Labute approximate surface area is 519 Å². The monoisotopic (exact) mass is 1260 g/mol. The number of rotatable bonds is 8. The smallest absolute Gasteiger partial charge is 0.351 e. The molecule has 26 heteroatoms. The van der Waals surface area contributed by atoms with E-state index >= 15 is 4.79 Å². The zero-order valence-electron chi connectivity index (χ0n) is 52.9. The van der Waals surface area contributed by atoms with Crippen LogP contribution >= 0.6 is 11.6 Å². The van der Waals surface area contributed by atoms with Crippen molar-refractivity contribution in [1.29, 1.82) is 0 Å². The lowest BCUT2D eigenvalue weighted by atomic mass is 9.92. The van der Waals surface area contributed by atoms with E-state index in [0.717, 1.165) is 31.7 Å². The van der Waals surface area contributed by atoms with Crippen molar-refractivity contribution in [2.24, 2.45) is 11.8 Å². The van der Waals surface area contributed by atoms with Gasteiger partial charge in [-0.1, -0.05) is 95.0 Å². The highest BCUT2D eigenvalue weighted by Gasteiger charge is 2.50. The Morgan fingerprint density at radius 2 is 1.25 bits per heavy atom. The number of carbonyl (C=O) groups is 11. The largest absolute Gasteiger partial charge is 0.417 e. The maximum atomic E-state index is 15.0. The predicted molar refractivity (Wildman–Crippen MR) is 322 cm³/mol. The van der Waals surface area contributed by atoms with Crippen LogP contribution in [0.3, 0.4) is 0 Å². The van der Waals surface area contributed by atoms with Crippen LogP contribution in [0.25, 0.3) is 0 Å². The van der Waals surface area contributed by atoms with Gasteiger partial charge in [0.05, 0.1) is 23.7 Å². The molecule has 2 aromatic carbocycles. The molecular weight excluding hydrogens is 1170 g/mol. The molecule has 9 atom stereocenters. The van der Waals surface area contributed by atoms with Gasteiger partial charge in [-0.25, -0.2) is 0 Å². The molecule has 0 radical (unpaired) electrons. The first kappa shape index (κ1) is 71.4. The highest BCUT2D eigenvalue weighted by atomic mass is 35.5. The number of halogens is 4. The first-order valence-corrected chi connectivity index (χ1v) is 30.5. The lowest BCUT2D eigenvalue weighted by Gasteiger charge is -2.39. The molecule has 88 heavy (non-hydrogen) atoms. The number of benzene rings is 2. The molecule has 11 amide bonds. The molecule has 1 spiro atoms. The van der Waals surface area contributed by atoms with Gasteiger partial charge >= 0.3 is 6.18 Å². The summed E-state index contributed by atoms with van der Waals surface area (Å²) in [5.41, 5.74) is -1.65. The van der Waals surface area contributed by atoms with E-state index in [0.29, 0.717) is 36.8 Å². The topological polar surface area (TPSA) is 259 Å². The van der Waals surface area contributed by atoms with Crippen molar-refractivity contribution in [3.63, 3.8) is 0 Å². The Balaban J connectivity index is 1.55. The van der Waals surface area contributed by atoms with E-state index in [1.54, 1.807) is 58.0 Å². The Morgan fingerprint density at radius 3 is 1.84 bits per heavy atom. The van der Waals surface area contributed by atoms with E-state index < -0.39 is 161 Å². The van der Waals surface area contributed by atoms with E-state index in [1.807, 2.05) is 6.92 Å². The highest BCUT2D eigenvalue weighted by molar-refractivity contribution is 6.31. The van der Waals surface area contributed by atoms with E-state index in [1.165, 1.54) is 76.9 Å². The van der Waals surface area contributed by atoms with Crippen LogP contribution < -0.4 is 21.3 Å². The molecule has 486 valence electrons. The number of likely N-dealkylation sites (N-methyl/N-ethyl adjacent to an activating group) is 6. The van der Waals surface area contributed by atoms with E-state index in [9.17, 15) is 61.1 Å². The first-order valence-electron chi connectivity index (χ1n) is 30.1. The van der Waals surface area contributed by atoms with E-state index in [-0.39, 0.29) is 51.5 Å². The summed E-state index contributed by atoms with van der Waals surface area (Å²) in [6, 6.07) is 2.45. The number of nitrogens with zero attached hydrogens (tertiary/aromatic N) is 7. The zero-order valence-corrected chi connectivity index (χ0v) is 53.7. The van der Waals surface area contributed by atoms with Crippen molar-refractivity contribution < 1.29 is 65.9 Å². The normalized spacial score (nSPS) is 26.1. The summed E-state index contributed by atoms with van der Waals surface area (Å²) in [5, 5.41) is 10.8. The van der Waals surface area contributed by atoms with Crippen LogP contribution in [0.4, 0.5) is 13.2 Å². The Kier molecular flexibility index (Phi) is 25.0. The van der Waals surface area contributed by atoms with Crippen molar-refractivity contribution in [1.82, 2.24) is 55.6 Å². The lowest BCUT2D eigenvalue weighted by molar-refractivity contribution is -0.150. The number of aryl methyl sites for hydroxylation is 1. The molecule has 4 N–H and O–H groups in total. The minimum atomic E-state index is -4.76.